The van der Waals surface area contributed by atoms with Crippen molar-refractivity contribution in [2.45, 2.75) is 27.2 Å². The number of hydrogen-bond acceptors (Lipinski definition) is 3. The summed E-state index contributed by atoms with van der Waals surface area (Å²) in [5.74, 6) is -1.37. The molecule has 1 aliphatic rings. The molecule has 0 bridgehead atoms. The third kappa shape index (κ3) is 3.87. The van der Waals surface area contributed by atoms with Crippen LogP contribution in [0.1, 0.15) is 29.4 Å². The van der Waals surface area contributed by atoms with Crippen LogP contribution < -0.4 is 10.2 Å². The van der Waals surface area contributed by atoms with E-state index in [1.807, 2.05) is 55.7 Å². The molecule has 2 amide bonds. The average molecular weight is 448 g/mol. The van der Waals surface area contributed by atoms with E-state index >= 15 is 0 Å². The maximum Gasteiger partial charge on any atom is 0.270 e. The fraction of sp³-hybridized carbons (Fsp3) is 0.160. The lowest BCUT2D eigenvalue weighted by molar-refractivity contribution is -0.122. The molecular weight excluding hydrogens is 425 g/mol. The number of halogens is 1. The van der Waals surface area contributed by atoms with Gasteiger partial charge in [-0.05, 0) is 86.1 Å². The molecule has 1 saturated heterocycles. The minimum Gasteiger partial charge on any atom is -0.318 e. The number of aromatic nitrogens is 1. The molecule has 0 radical (unpaired) electrons. The first-order chi connectivity index (χ1) is 15.3. The lowest BCUT2D eigenvalue weighted by Gasteiger charge is -2.29. The summed E-state index contributed by atoms with van der Waals surface area (Å²) in [6.07, 6.45) is 2.44. The SMILES string of the molecule is CCc1ccc(N2C(=O)C(=Cc3cc(C)n(-c4cccc(F)c4)c3C)C(=O)NC2=S)cc1. The number of amides is 2. The van der Waals surface area contributed by atoms with Gasteiger partial charge in [-0.1, -0.05) is 25.1 Å². The van der Waals surface area contributed by atoms with Gasteiger partial charge in [0.2, 0.25) is 0 Å². The molecule has 1 aliphatic heterocycles. The molecule has 2 aromatic carbocycles. The second kappa shape index (κ2) is 8.51. The summed E-state index contributed by atoms with van der Waals surface area (Å²) in [6, 6.07) is 15.6. The van der Waals surface area contributed by atoms with Gasteiger partial charge in [0.05, 0.1) is 5.69 Å². The average Bonchev–Trinajstić information content (AvgIpc) is 3.04. The van der Waals surface area contributed by atoms with Crippen molar-refractivity contribution in [1.29, 1.82) is 0 Å². The maximum atomic E-state index is 13.7. The summed E-state index contributed by atoms with van der Waals surface area (Å²) in [7, 11) is 0. The molecule has 162 valence electrons. The van der Waals surface area contributed by atoms with Crippen LogP contribution in [0.3, 0.4) is 0 Å². The smallest absolute Gasteiger partial charge is 0.270 e. The summed E-state index contributed by atoms with van der Waals surface area (Å²) in [5.41, 5.74) is 4.71. The number of nitrogens with one attached hydrogen (secondary N) is 1. The van der Waals surface area contributed by atoms with Gasteiger partial charge in [0.15, 0.2) is 5.11 Å². The quantitative estimate of drug-likeness (QED) is 0.361. The summed E-state index contributed by atoms with van der Waals surface area (Å²) in [4.78, 5) is 27.2. The second-order valence-corrected chi connectivity index (χ2v) is 8.01. The number of hydrogen-bond donors (Lipinski definition) is 1. The summed E-state index contributed by atoms with van der Waals surface area (Å²) < 4.78 is 15.6. The van der Waals surface area contributed by atoms with Gasteiger partial charge in [-0.25, -0.2) is 4.39 Å². The van der Waals surface area contributed by atoms with E-state index in [-0.39, 0.29) is 16.5 Å². The number of aryl methyl sites for hydroxylation is 2. The number of benzene rings is 2. The zero-order chi connectivity index (χ0) is 23.0. The lowest BCUT2D eigenvalue weighted by atomic mass is 10.1. The molecule has 7 heteroatoms. The number of rotatable bonds is 4. The molecule has 0 saturated carbocycles. The molecule has 0 aliphatic carbocycles. The van der Waals surface area contributed by atoms with Gasteiger partial charge in [0, 0.05) is 17.1 Å². The van der Waals surface area contributed by atoms with Gasteiger partial charge in [0.25, 0.3) is 11.8 Å². The highest BCUT2D eigenvalue weighted by atomic mass is 32.1. The maximum absolute atomic E-state index is 13.7. The Bertz CT molecular complexity index is 1270. The van der Waals surface area contributed by atoms with Crippen molar-refractivity contribution in [1.82, 2.24) is 9.88 Å². The first-order valence-corrected chi connectivity index (χ1v) is 10.7. The Balaban J connectivity index is 1.74. The Kier molecular flexibility index (Phi) is 5.76. The Morgan fingerprint density at radius 3 is 2.41 bits per heavy atom. The van der Waals surface area contributed by atoms with Gasteiger partial charge in [0.1, 0.15) is 11.4 Å². The Morgan fingerprint density at radius 2 is 1.75 bits per heavy atom. The molecule has 1 N–H and O–H groups in total. The van der Waals surface area contributed by atoms with Crippen molar-refractivity contribution in [2.24, 2.45) is 0 Å². The van der Waals surface area contributed by atoms with Crippen LogP contribution in [-0.4, -0.2) is 21.5 Å². The highest BCUT2D eigenvalue weighted by Gasteiger charge is 2.34. The van der Waals surface area contributed by atoms with Crippen LogP contribution in [0.25, 0.3) is 11.8 Å². The van der Waals surface area contributed by atoms with E-state index in [1.54, 1.807) is 18.2 Å². The number of nitrogens with zero attached hydrogens (tertiary/aromatic N) is 2. The Morgan fingerprint density at radius 1 is 1.03 bits per heavy atom. The van der Waals surface area contributed by atoms with E-state index in [4.69, 9.17) is 12.2 Å². The third-order valence-electron chi connectivity index (χ3n) is 5.54. The molecule has 0 unspecified atom stereocenters. The molecule has 3 aromatic rings. The van der Waals surface area contributed by atoms with E-state index in [1.165, 1.54) is 17.0 Å². The number of carbonyl (C=O) groups excluding carboxylic acids is 2. The summed E-state index contributed by atoms with van der Waals surface area (Å²) in [5, 5.41) is 2.66. The van der Waals surface area contributed by atoms with Gasteiger partial charge in [-0.3, -0.25) is 19.8 Å². The molecule has 1 fully saturated rings. The largest absolute Gasteiger partial charge is 0.318 e. The minimum atomic E-state index is -0.544. The number of anilines is 1. The second-order valence-electron chi connectivity index (χ2n) is 7.62. The van der Waals surface area contributed by atoms with Gasteiger partial charge in [-0.15, -0.1) is 0 Å². The van der Waals surface area contributed by atoms with Crippen LogP contribution >= 0.6 is 12.2 Å². The first kappa shape index (κ1) is 21.6. The topological polar surface area (TPSA) is 54.3 Å². The van der Waals surface area contributed by atoms with Crippen LogP contribution in [0.15, 0.2) is 60.2 Å². The first-order valence-electron chi connectivity index (χ1n) is 10.3. The lowest BCUT2D eigenvalue weighted by Crippen LogP contribution is -2.54. The van der Waals surface area contributed by atoms with E-state index in [0.29, 0.717) is 16.9 Å². The third-order valence-corrected chi connectivity index (χ3v) is 5.83. The summed E-state index contributed by atoms with van der Waals surface area (Å²) in [6.45, 7) is 5.80. The number of carbonyl (C=O) groups is 2. The molecule has 5 nitrogen and oxygen atoms in total. The molecule has 2 heterocycles. The van der Waals surface area contributed by atoms with Crippen LogP contribution in [0.2, 0.25) is 0 Å². The highest BCUT2D eigenvalue weighted by Crippen LogP contribution is 2.26. The fourth-order valence-electron chi connectivity index (χ4n) is 3.87. The molecule has 4 rings (SSSR count). The molecule has 0 atom stereocenters. The van der Waals surface area contributed by atoms with Crippen LogP contribution in [0.5, 0.6) is 0 Å². The van der Waals surface area contributed by atoms with Crippen LogP contribution in [0, 0.1) is 19.7 Å². The van der Waals surface area contributed by atoms with Crippen molar-refractivity contribution in [3.05, 3.63) is 88.5 Å². The van der Waals surface area contributed by atoms with Crippen LogP contribution in [-0.2, 0) is 16.0 Å². The Labute approximate surface area is 191 Å². The van der Waals surface area contributed by atoms with Crippen molar-refractivity contribution >= 4 is 40.9 Å². The molecule has 32 heavy (non-hydrogen) atoms. The zero-order valence-corrected chi connectivity index (χ0v) is 18.8. The standard InChI is InChI=1S/C25H22FN3O2S/c1-4-17-8-10-20(11-9-17)29-24(31)22(23(30)27-25(29)32)13-18-12-15(2)28(16(18)3)21-7-5-6-19(26)14-21/h5-14H,4H2,1-3H3,(H,27,30,32). The van der Waals surface area contributed by atoms with E-state index in [0.717, 1.165) is 23.4 Å². The van der Waals surface area contributed by atoms with E-state index in [9.17, 15) is 14.0 Å². The number of thiocarbonyl (C=S) groups is 1. The Hall–Kier alpha value is -3.58. The van der Waals surface area contributed by atoms with Crippen molar-refractivity contribution in [3.8, 4) is 5.69 Å². The van der Waals surface area contributed by atoms with E-state index in [2.05, 4.69) is 5.32 Å². The molecule has 1 aromatic heterocycles. The monoisotopic (exact) mass is 447 g/mol. The predicted octanol–water partition coefficient (Wildman–Crippen LogP) is 4.63. The zero-order valence-electron chi connectivity index (χ0n) is 18.0. The van der Waals surface area contributed by atoms with Crippen LogP contribution in [0.4, 0.5) is 10.1 Å². The highest BCUT2D eigenvalue weighted by molar-refractivity contribution is 7.80. The molecule has 0 spiro atoms. The summed E-state index contributed by atoms with van der Waals surface area (Å²) >= 11 is 5.28. The van der Waals surface area contributed by atoms with Gasteiger partial charge >= 0.3 is 0 Å². The van der Waals surface area contributed by atoms with Crippen molar-refractivity contribution in [2.75, 3.05) is 4.90 Å². The molecular formula is C25H22FN3O2S. The minimum absolute atomic E-state index is 0.0161. The van der Waals surface area contributed by atoms with Gasteiger partial charge < -0.3 is 4.57 Å². The van der Waals surface area contributed by atoms with Crippen molar-refractivity contribution in [3.63, 3.8) is 0 Å². The fourth-order valence-corrected chi connectivity index (χ4v) is 4.16. The predicted molar refractivity (Wildman–Crippen MR) is 127 cm³/mol. The van der Waals surface area contributed by atoms with Crippen molar-refractivity contribution < 1.29 is 14.0 Å². The van der Waals surface area contributed by atoms with E-state index < -0.39 is 11.8 Å². The van der Waals surface area contributed by atoms with Gasteiger partial charge in [-0.2, -0.15) is 0 Å². The normalized spacial score (nSPS) is 15.4.